The van der Waals surface area contributed by atoms with Crippen LogP contribution < -0.4 is 20.1 Å². The molecule has 148 valence electrons. The third-order valence-electron chi connectivity index (χ3n) is 5.28. The molecule has 0 saturated heterocycles. The summed E-state index contributed by atoms with van der Waals surface area (Å²) in [5, 5.41) is 5.86. The van der Waals surface area contributed by atoms with Crippen LogP contribution in [0.4, 0.5) is 4.79 Å². The summed E-state index contributed by atoms with van der Waals surface area (Å²) in [5.74, 6) is 1.56. The van der Waals surface area contributed by atoms with Crippen LogP contribution in [0.15, 0.2) is 42.5 Å². The Labute approximate surface area is 165 Å². The maximum absolute atomic E-state index is 12.0. The van der Waals surface area contributed by atoms with Crippen molar-refractivity contribution in [1.29, 1.82) is 0 Å². The van der Waals surface area contributed by atoms with Gasteiger partial charge in [0.15, 0.2) is 11.5 Å². The lowest BCUT2D eigenvalue weighted by molar-refractivity contribution is 0.174. The van der Waals surface area contributed by atoms with E-state index in [0.29, 0.717) is 13.1 Å². The fraction of sp³-hybridized carbons (Fsp3) is 0.409. The van der Waals surface area contributed by atoms with Crippen LogP contribution in [0.5, 0.6) is 11.5 Å². The standard InChI is InChI=1S/C22H27N3O3/c26-22(24-11-8-17-6-7-20-21(14-17)28-16-27-20)23-10-3-12-25-13-9-18-4-1-2-5-19(18)15-25/h1-2,4-7,14H,3,8-13,15-16H2,(H2,23,24,26). The average molecular weight is 381 g/mol. The van der Waals surface area contributed by atoms with Crippen molar-refractivity contribution in [2.45, 2.75) is 25.8 Å². The SMILES string of the molecule is O=C(NCCCN1CCc2ccccc2C1)NCCc1ccc2c(c1)OCO2. The number of nitrogens with one attached hydrogen (secondary N) is 2. The van der Waals surface area contributed by atoms with Crippen molar-refractivity contribution >= 4 is 6.03 Å². The van der Waals surface area contributed by atoms with Crippen molar-refractivity contribution in [2.75, 3.05) is 33.0 Å². The van der Waals surface area contributed by atoms with Crippen LogP contribution in [0.25, 0.3) is 0 Å². The van der Waals surface area contributed by atoms with Crippen LogP contribution in [0.1, 0.15) is 23.1 Å². The molecule has 2 aromatic carbocycles. The largest absolute Gasteiger partial charge is 0.454 e. The predicted molar refractivity (Wildman–Crippen MR) is 108 cm³/mol. The first-order chi connectivity index (χ1) is 13.8. The highest BCUT2D eigenvalue weighted by Gasteiger charge is 2.15. The van der Waals surface area contributed by atoms with E-state index in [9.17, 15) is 4.79 Å². The Morgan fingerprint density at radius 3 is 2.75 bits per heavy atom. The molecule has 6 heteroatoms. The summed E-state index contributed by atoms with van der Waals surface area (Å²) in [6, 6.07) is 14.4. The van der Waals surface area contributed by atoms with Crippen LogP contribution in [0.3, 0.4) is 0 Å². The molecule has 0 radical (unpaired) electrons. The van der Waals surface area contributed by atoms with E-state index in [4.69, 9.17) is 9.47 Å². The second-order valence-corrected chi connectivity index (χ2v) is 7.27. The highest BCUT2D eigenvalue weighted by molar-refractivity contribution is 5.73. The second-order valence-electron chi connectivity index (χ2n) is 7.27. The van der Waals surface area contributed by atoms with Gasteiger partial charge in [0.25, 0.3) is 0 Å². The summed E-state index contributed by atoms with van der Waals surface area (Å²) in [7, 11) is 0. The van der Waals surface area contributed by atoms with E-state index >= 15 is 0 Å². The van der Waals surface area contributed by atoms with Gasteiger partial charge in [-0.25, -0.2) is 4.79 Å². The van der Waals surface area contributed by atoms with Gasteiger partial charge in [-0.3, -0.25) is 4.90 Å². The van der Waals surface area contributed by atoms with Gasteiger partial charge in [0.2, 0.25) is 6.79 Å². The van der Waals surface area contributed by atoms with Gasteiger partial charge in [0.1, 0.15) is 0 Å². The topological polar surface area (TPSA) is 62.8 Å². The summed E-state index contributed by atoms with van der Waals surface area (Å²) >= 11 is 0. The zero-order valence-electron chi connectivity index (χ0n) is 16.1. The van der Waals surface area contributed by atoms with E-state index in [1.54, 1.807) is 0 Å². The number of amides is 2. The number of rotatable bonds is 7. The lowest BCUT2D eigenvalue weighted by atomic mass is 10.00. The first kappa shape index (κ1) is 18.6. The molecule has 4 rings (SSSR count). The van der Waals surface area contributed by atoms with Gasteiger partial charge < -0.3 is 20.1 Å². The van der Waals surface area contributed by atoms with Gasteiger partial charge in [-0.05, 0) is 48.1 Å². The molecule has 2 aromatic rings. The number of hydrogen-bond acceptors (Lipinski definition) is 4. The zero-order chi connectivity index (χ0) is 19.2. The van der Waals surface area contributed by atoms with Crippen LogP contribution in [0.2, 0.25) is 0 Å². The number of ether oxygens (including phenoxy) is 2. The molecule has 6 nitrogen and oxygen atoms in total. The first-order valence-electron chi connectivity index (χ1n) is 9.97. The smallest absolute Gasteiger partial charge is 0.314 e. The molecule has 0 spiro atoms. The van der Waals surface area contributed by atoms with Crippen LogP contribution in [-0.2, 0) is 19.4 Å². The molecule has 28 heavy (non-hydrogen) atoms. The molecule has 0 unspecified atom stereocenters. The molecule has 0 fully saturated rings. The van der Waals surface area contributed by atoms with Gasteiger partial charge in [-0.2, -0.15) is 0 Å². The van der Waals surface area contributed by atoms with Gasteiger partial charge in [-0.15, -0.1) is 0 Å². The summed E-state index contributed by atoms with van der Waals surface area (Å²) in [5.41, 5.74) is 4.02. The number of urea groups is 1. The summed E-state index contributed by atoms with van der Waals surface area (Å²) in [6.07, 6.45) is 2.83. The zero-order valence-corrected chi connectivity index (χ0v) is 16.1. The van der Waals surface area contributed by atoms with Crippen LogP contribution in [-0.4, -0.2) is 43.9 Å². The van der Waals surface area contributed by atoms with Gasteiger partial charge >= 0.3 is 6.03 Å². The molecule has 2 aliphatic rings. The lowest BCUT2D eigenvalue weighted by Crippen LogP contribution is -2.38. The Balaban J connectivity index is 1.09. The molecule has 2 N–H and O–H groups in total. The lowest BCUT2D eigenvalue weighted by Gasteiger charge is -2.28. The fourth-order valence-corrected chi connectivity index (χ4v) is 3.73. The van der Waals surface area contributed by atoms with E-state index < -0.39 is 0 Å². The number of fused-ring (bicyclic) bond motifs is 2. The van der Waals surface area contributed by atoms with E-state index in [1.807, 2.05) is 18.2 Å². The Hall–Kier alpha value is -2.73. The Bertz CT molecular complexity index is 824. The van der Waals surface area contributed by atoms with Crippen molar-refractivity contribution in [3.05, 3.63) is 59.2 Å². The predicted octanol–water partition coefficient (Wildman–Crippen LogP) is 2.71. The first-order valence-corrected chi connectivity index (χ1v) is 9.97. The molecule has 2 heterocycles. The van der Waals surface area contributed by atoms with Gasteiger partial charge in [-0.1, -0.05) is 30.3 Å². The molecule has 2 aliphatic heterocycles. The maximum Gasteiger partial charge on any atom is 0.314 e. The third kappa shape index (κ3) is 4.75. The second kappa shape index (κ2) is 8.97. The number of benzene rings is 2. The van der Waals surface area contributed by atoms with Crippen LogP contribution >= 0.6 is 0 Å². The van der Waals surface area contributed by atoms with Crippen molar-refractivity contribution in [3.63, 3.8) is 0 Å². The number of nitrogens with zero attached hydrogens (tertiary/aromatic N) is 1. The summed E-state index contributed by atoms with van der Waals surface area (Å²) in [4.78, 5) is 14.4. The van der Waals surface area contributed by atoms with Crippen molar-refractivity contribution in [2.24, 2.45) is 0 Å². The van der Waals surface area contributed by atoms with Crippen molar-refractivity contribution < 1.29 is 14.3 Å². The minimum absolute atomic E-state index is 0.107. The highest BCUT2D eigenvalue weighted by Crippen LogP contribution is 2.32. The van der Waals surface area contributed by atoms with E-state index in [0.717, 1.165) is 56.0 Å². The third-order valence-corrected chi connectivity index (χ3v) is 5.28. The Kier molecular flexibility index (Phi) is 5.97. The van der Waals surface area contributed by atoms with E-state index in [-0.39, 0.29) is 12.8 Å². The van der Waals surface area contributed by atoms with Gasteiger partial charge in [0, 0.05) is 32.7 Å². The van der Waals surface area contributed by atoms with E-state index in [2.05, 4.69) is 39.8 Å². The minimum Gasteiger partial charge on any atom is -0.454 e. The van der Waals surface area contributed by atoms with Crippen molar-refractivity contribution in [1.82, 2.24) is 15.5 Å². The molecular weight excluding hydrogens is 354 g/mol. The number of carbonyl (C=O) groups is 1. The quantitative estimate of drug-likeness (QED) is 0.724. The number of carbonyl (C=O) groups excluding carboxylic acids is 1. The molecule has 0 bridgehead atoms. The Morgan fingerprint density at radius 1 is 1.00 bits per heavy atom. The molecule has 0 atom stereocenters. The van der Waals surface area contributed by atoms with Crippen molar-refractivity contribution in [3.8, 4) is 11.5 Å². The molecular formula is C22H27N3O3. The summed E-state index contributed by atoms with van der Waals surface area (Å²) in [6.45, 7) is 4.67. The molecule has 0 saturated carbocycles. The molecule has 0 aromatic heterocycles. The fourth-order valence-electron chi connectivity index (χ4n) is 3.73. The Morgan fingerprint density at radius 2 is 1.82 bits per heavy atom. The van der Waals surface area contributed by atoms with Gasteiger partial charge in [0.05, 0.1) is 0 Å². The normalized spacial score (nSPS) is 15.1. The number of hydrogen-bond donors (Lipinski definition) is 2. The average Bonchev–Trinajstić information content (AvgIpc) is 3.19. The van der Waals surface area contributed by atoms with Crippen LogP contribution in [0, 0.1) is 0 Å². The summed E-state index contributed by atoms with van der Waals surface area (Å²) < 4.78 is 10.7. The molecule has 0 aliphatic carbocycles. The molecule has 2 amide bonds. The highest BCUT2D eigenvalue weighted by atomic mass is 16.7. The monoisotopic (exact) mass is 381 g/mol. The maximum atomic E-state index is 12.0. The minimum atomic E-state index is -0.107. The van der Waals surface area contributed by atoms with E-state index in [1.165, 1.54) is 11.1 Å².